The summed E-state index contributed by atoms with van der Waals surface area (Å²) in [5.74, 6) is 0. The van der Waals surface area contributed by atoms with E-state index in [0.717, 1.165) is 0 Å². The summed E-state index contributed by atoms with van der Waals surface area (Å²) in [6.45, 7) is 4.00. The van der Waals surface area contributed by atoms with Crippen LogP contribution in [-0.2, 0) is 0 Å². The normalized spacial score (nSPS) is 12.8. The fraction of sp³-hybridized carbons (Fsp3) is 0.333. The van der Waals surface area contributed by atoms with Gasteiger partial charge >= 0.3 is 0 Å². The van der Waals surface area contributed by atoms with Crippen molar-refractivity contribution in [2.75, 3.05) is 0 Å². The third-order valence-electron chi connectivity index (χ3n) is 0.554. The van der Waals surface area contributed by atoms with Crippen LogP contribution in [0.25, 0.3) is 0 Å². The zero-order valence-electron chi connectivity index (χ0n) is 5.31. The number of hydrogen-bond acceptors (Lipinski definition) is 2. The minimum Gasteiger partial charge on any atom is -0.309 e. The van der Waals surface area contributed by atoms with Crippen LogP contribution in [-0.4, -0.2) is 0 Å². The second-order valence-electron chi connectivity index (χ2n) is 1.01. The standard InChI is InChI=1S/C4H6N2.C2H6/c1-2-4-6-5-3-1;1-2/h1-6H;1-2H3. The van der Waals surface area contributed by atoms with Gasteiger partial charge in [-0.3, -0.25) is 0 Å². The SMILES string of the molecule is C1=CNNC=C1.CC. The van der Waals surface area contributed by atoms with Gasteiger partial charge in [0.05, 0.1) is 0 Å². The maximum atomic E-state index is 2.77. The van der Waals surface area contributed by atoms with Gasteiger partial charge in [0.15, 0.2) is 0 Å². The van der Waals surface area contributed by atoms with Gasteiger partial charge in [-0.1, -0.05) is 13.8 Å². The van der Waals surface area contributed by atoms with Crippen LogP contribution in [0, 0.1) is 0 Å². The first-order valence-electron chi connectivity index (χ1n) is 2.83. The molecular formula is C6H12N2. The summed E-state index contributed by atoms with van der Waals surface area (Å²) >= 11 is 0. The summed E-state index contributed by atoms with van der Waals surface area (Å²) < 4.78 is 0. The third kappa shape index (κ3) is 3.28. The largest absolute Gasteiger partial charge is 0.309 e. The molecule has 1 aliphatic rings. The van der Waals surface area contributed by atoms with Crippen LogP contribution in [0.2, 0.25) is 0 Å². The number of nitrogens with one attached hydrogen (secondary N) is 2. The Kier molecular flexibility index (Phi) is 5.38. The molecule has 0 aliphatic carbocycles. The van der Waals surface area contributed by atoms with E-state index in [1.54, 1.807) is 0 Å². The Morgan fingerprint density at radius 2 is 1.25 bits per heavy atom. The van der Waals surface area contributed by atoms with Crippen molar-refractivity contribution in [3.8, 4) is 0 Å². The van der Waals surface area contributed by atoms with E-state index in [4.69, 9.17) is 0 Å². The summed E-state index contributed by atoms with van der Waals surface area (Å²) in [5.41, 5.74) is 5.53. The number of rotatable bonds is 0. The van der Waals surface area contributed by atoms with Gasteiger partial charge in [-0.15, -0.1) is 0 Å². The Labute approximate surface area is 50.3 Å². The first kappa shape index (κ1) is 7.08. The van der Waals surface area contributed by atoms with Crippen LogP contribution in [0.5, 0.6) is 0 Å². The maximum absolute atomic E-state index is 2.77. The molecule has 2 heteroatoms. The zero-order chi connectivity index (χ0) is 6.24. The van der Waals surface area contributed by atoms with Crippen molar-refractivity contribution in [3.63, 3.8) is 0 Å². The van der Waals surface area contributed by atoms with Crippen LogP contribution in [0.1, 0.15) is 13.8 Å². The molecular weight excluding hydrogens is 100 g/mol. The van der Waals surface area contributed by atoms with E-state index in [9.17, 15) is 0 Å². The van der Waals surface area contributed by atoms with Crippen LogP contribution in [0.15, 0.2) is 24.6 Å². The fourth-order valence-corrected chi connectivity index (χ4v) is 0.304. The molecule has 2 N–H and O–H groups in total. The first-order chi connectivity index (χ1) is 4.00. The van der Waals surface area contributed by atoms with E-state index < -0.39 is 0 Å². The van der Waals surface area contributed by atoms with Crippen molar-refractivity contribution < 1.29 is 0 Å². The summed E-state index contributed by atoms with van der Waals surface area (Å²) in [7, 11) is 0. The number of hydrazine groups is 1. The lowest BCUT2D eigenvalue weighted by atomic mass is 10.5. The molecule has 0 aromatic rings. The molecule has 0 bridgehead atoms. The molecule has 0 amide bonds. The molecule has 0 fully saturated rings. The number of hydrogen-bond donors (Lipinski definition) is 2. The van der Waals surface area contributed by atoms with Gasteiger partial charge in [0, 0.05) is 12.4 Å². The van der Waals surface area contributed by atoms with Crippen molar-refractivity contribution in [1.29, 1.82) is 0 Å². The average Bonchev–Trinajstić information content (AvgIpc) is 1.96. The third-order valence-corrected chi connectivity index (χ3v) is 0.554. The lowest BCUT2D eigenvalue weighted by molar-refractivity contribution is 0.767. The van der Waals surface area contributed by atoms with E-state index in [-0.39, 0.29) is 0 Å². The smallest absolute Gasteiger partial charge is 0.0178 e. The van der Waals surface area contributed by atoms with Gasteiger partial charge in [-0.2, -0.15) is 0 Å². The second-order valence-corrected chi connectivity index (χ2v) is 1.01. The van der Waals surface area contributed by atoms with Crippen LogP contribution in [0.3, 0.4) is 0 Å². The topological polar surface area (TPSA) is 24.1 Å². The quantitative estimate of drug-likeness (QED) is 0.491. The molecule has 0 saturated carbocycles. The van der Waals surface area contributed by atoms with Crippen molar-refractivity contribution >= 4 is 0 Å². The zero-order valence-corrected chi connectivity index (χ0v) is 5.31. The van der Waals surface area contributed by atoms with Crippen molar-refractivity contribution in [1.82, 2.24) is 10.9 Å². The van der Waals surface area contributed by atoms with Crippen LogP contribution >= 0.6 is 0 Å². The van der Waals surface area contributed by atoms with Gasteiger partial charge in [-0.05, 0) is 12.2 Å². The highest BCUT2D eigenvalue weighted by atomic mass is 15.3. The summed E-state index contributed by atoms with van der Waals surface area (Å²) in [5, 5.41) is 0. The highest BCUT2D eigenvalue weighted by Gasteiger charge is 1.70. The highest BCUT2D eigenvalue weighted by molar-refractivity contribution is 5.03. The predicted octanol–water partition coefficient (Wildman–Crippen LogP) is 1.15. The summed E-state index contributed by atoms with van der Waals surface area (Å²) in [4.78, 5) is 0. The molecule has 2 nitrogen and oxygen atoms in total. The molecule has 0 aromatic carbocycles. The molecule has 0 atom stereocenters. The molecule has 0 spiro atoms. The Morgan fingerprint density at radius 1 is 0.875 bits per heavy atom. The minimum atomic E-state index is 1.82. The van der Waals surface area contributed by atoms with E-state index >= 15 is 0 Å². The molecule has 1 rings (SSSR count). The van der Waals surface area contributed by atoms with Crippen molar-refractivity contribution in [2.24, 2.45) is 0 Å². The Hall–Kier alpha value is -0.920. The summed E-state index contributed by atoms with van der Waals surface area (Å²) in [6.07, 6.45) is 7.47. The fourth-order valence-electron chi connectivity index (χ4n) is 0.304. The van der Waals surface area contributed by atoms with E-state index in [1.165, 1.54) is 0 Å². The van der Waals surface area contributed by atoms with Gasteiger partial charge < -0.3 is 10.9 Å². The van der Waals surface area contributed by atoms with Crippen molar-refractivity contribution in [2.45, 2.75) is 13.8 Å². The van der Waals surface area contributed by atoms with E-state index in [0.29, 0.717) is 0 Å². The van der Waals surface area contributed by atoms with E-state index in [1.807, 2.05) is 38.4 Å². The Morgan fingerprint density at radius 3 is 1.38 bits per heavy atom. The summed E-state index contributed by atoms with van der Waals surface area (Å²) in [6, 6.07) is 0. The Balaban J connectivity index is 0.000000222. The van der Waals surface area contributed by atoms with Gasteiger partial charge in [0.2, 0.25) is 0 Å². The molecule has 0 radical (unpaired) electrons. The molecule has 1 aliphatic heterocycles. The maximum Gasteiger partial charge on any atom is 0.0178 e. The van der Waals surface area contributed by atoms with Gasteiger partial charge in [-0.25, -0.2) is 0 Å². The van der Waals surface area contributed by atoms with Gasteiger partial charge in [0.25, 0.3) is 0 Å². The second kappa shape index (κ2) is 6.08. The highest BCUT2D eigenvalue weighted by Crippen LogP contribution is 1.73. The first-order valence-corrected chi connectivity index (χ1v) is 2.83. The lowest BCUT2D eigenvalue weighted by Gasteiger charge is -1.99. The molecule has 8 heavy (non-hydrogen) atoms. The lowest BCUT2D eigenvalue weighted by Crippen LogP contribution is -2.21. The molecule has 46 valence electrons. The molecule has 0 aromatic heterocycles. The monoisotopic (exact) mass is 112 g/mol. The van der Waals surface area contributed by atoms with Crippen molar-refractivity contribution in [3.05, 3.63) is 24.6 Å². The Bertz CT molecular complexity index is 72.5. The predicted molar refractivity (Wildman–Crippen MR) is 35.9 cm³/mol. The van der Waals surface area contributed by atoms with Gasteiger partial charge in [0.1, 0.15) is 0 Å². The number of allylic oxidation sites excluding steroid dienone is 2. The van der Waals surface area contributed by atoms with Crippen LogP contribution in [0.4, 0.5) is 0 Å². The molecule has 1 heterocycles. The van der Waals surface area contributed by atoms with E-state index in [2.05, 4.69) is 10.9 Å². The molecule has 0 saturated heterocycles. The van der Waals surface area contributed by atoms with Crippen LogP contribution < -0.4 is 10.9 Å². The molecule has 0 unspecified atom stereocenters. The minimum absolute atomic E-state index is 1.82. The average molecular weight is 112 g/mol.